The van der Waals surface area contributed by atoms with E-state index in [0.717, 1.165) is 24.2 Å². The molecule has 2 aliphatic heterocycles. The molecule has 0 aliphatic carbocycles. The van der Waals surface area contributed by atoms with Crippen LogP contribution in [0, 0.1) is 5.92 Å². The molecule has 27 heavy (non-hydrogen) atoms. The Hall–Kier alpha value is -2.38. The Morgan fingerprint density at radius 2 is 1.81 bits per heavy atom. The van der Waals surface area contributed by atoms with Crippen LogP contribution in [0.15, 0.2) is 53.4 Å². The predicted molar refractivity (Wildman–Crippen MR) is 102 cm³/mol. The number of amides is 1. The number of fused-ring (bicyclic) bond motifs is 1. The van der Waals surface area contributed by atoms with E-state index in [1.54, 1.807) is 18.2 Å². The molecular weight excluding hydrogens is 364 g/mol. The van der Waals surface area contributed by atoms with Gasteiger partial charge >= 0.3 is 0 Å². The molecular formula is C20H22N2O4S. The minimum Gasteiger partial charge on any atom is -0.493 e. The highest BCUT2D eigenvalue weighted by atomic mass is 32.2. The monoisotopic (exact) mass is 386 g/mol. The van der Waals surface area contributed by atoms with Gasteiger partial charge in [0, 0.05) is 18.8 Å². The fourth-order valence-corrected chi connectivity index (χ4v) is 5.08. The average molecular weight is 386 g/mol. The lowest BCUT2D eigenvalue weighted by atomic mass is 9.99. The quantitative estimate of drug-likeness (QED) is 0.857. The van der Waals surface area contributed by atoms with Crippen molar-refractivity contribution in [1.29, 1.82) is 0 Å². The summed E-state index contributed by atoms with van der Waals surface area (Å²) in [5.41, 5.74) is 1.45. The zero-order chi connectivity index (χ0) is 18.9. The molecule has 0 unspecified atom stereocenters. The molecule has 0 bridgehead atoms. The van der Waals surface area contributed by atoms with Crippen molar-refractivity contribution in [3.63, 3.8) is 0 Å². The van der Waals surface area contributed by atoms with Gasteiger partial charge in [0.15, 0.2) is 0 Å². The maximum atomic E-state index is 12.9. The highest BCUT2D eigenvalue weighted by Gasteiger charge is 2.31. The van der Waals surface area contributed by atoms with Crippen molar-refractivity contribution in [2.75, 3.05) is 25.0 Å². The van der Waals surface area contributed by atoms with E-state index in [2.05, 4.69) is 5.32 Å². The van der Waals surface area contributed by atoms with E-state index in [0.29, 0.717) is 31.3 Å². The summed E-state index contributed by atoms with van der Waals surface area (Å²) in [5.74, 6) is 1.09. The van der Waals surface area contributed by atoms with E-state index in [-0.39, 0.29) is 17.2 Å². The molecule has 6 nitrogen and oxygen atoms in total. The molecule has 0 atom stereocenters. The lowest BCUT2D eigenvalue weighted by molar-refractivity contribution is -0.115. The molecule has 2 heterocycles. The summed E-state index contributed by atoms with van der Waals surface area (Å²) < 4.78 is 33.2. The fourth-order valence-electron chi connectivity index (χ4n) is 3.56. The van der Waals surface area contributed by atoms with E-state index >= 15 is 0 Å². The Balaban J connectivity index is 1.37. The van der Waals surface area contributed by atoms with Crippen LogP contribution in [-0.4, -0.2) is 38.3 Å². The Bertz CT molecular complexity index is 936. The number of carbonyl (C=O) groups excluding carboxylic acids is 1. The summed E-state index contributed by atoms with van der Waals surface area (Å²) in [5, 5.41) is 2.73. The van der Waals surface area contributed by atoms with E-state index in [4.69, 9.17) is 4.74 Å². The minimum absolute atomic E-state index is 0.0984. The SMILES string of the molecule is O=C1Cc2cc(S(=O)(=O)N3CCC(COc4ccccc4)CC3)ccc2N1. The van der Waals surface area contributed by atoms with Crippen molar-refractivity contribution < 1.29 is 17.9 Å². The molecule has 0 aromatic heterocycles. The Morgan fingerprint density at radius 1 is 1.07 bits per heavy atom. The van der Waals surface area contributed by atoms with Crippen LogP contribution in [0.4, 0.5) is 5.69 Å². The molecule has 2 aromatic carbocycles. The Kier molecular flexibility index (Phi) is 4.88. The van der Waals surface area contributed by atoms with Gasteiger partial charge in [0.2, 0.25) is 15.9 Å². The fraction of sp³-hybridized carbons (Fsp3) is 0.350. The van der Waals surface area contributed by atoms with Crippen LogP contribution in [0.1, 0.15) is 18.4 Å². The smallest absolute Gasteiger partial charge is 0.243 e. The second kappa shape index (κ2) is 7.32. The van der Waals surface area contributed by atoms with Gasteiger partial charge in [0.25, 0.3) is 0 Å². The average Bonchev–Trinajstić information content (AvgIpc) is 3.06. The number of hydrogen-bond donors (Lipinski definition) is 1. The van der Waals surface area contributed by atoms with Gasteiger partial charge in [-0.2, -0.15) is 4.31 Å². The summed E-state index contributed by atoms with van der Waals surface area (Å²) in [6.07, 6.45) is 1.78. The van der Waals surface area contributed by atoms with Crippen LogP contribution >= 0.6 is 0 Å². The van der Waals surface area contributed by atoms with Gasteiger partial charge in [-0.3, -0.25) is 4.79 Å². The van der Waals surface area contributed by atoms with Gasteiger partial charge in [0.05, 0.1) is 17.9 Å². The molecule has 1 saturated heterocycles. The number of ether oxygens (including phenoxy) is 1. The van der Waals surface area contributed by atoms with Gasteiger partial charge in [-0.25, -0.2) is 8.42 Å². The number of sulfonamides is 1. The van der Waals surface area contributed by atoms with Crippen LogP contribution in [0.2, 0.25) is 0 Å². The minimum atomic E-state index is -3.54. The van der Waals surface area contributed by atoms with Crippen LogP contribution < -0.4 is 10.1 Å². The molecule has 1 amide bonds. The lowest BCUT2D eigenvalue weighted by Crippen LogP contribution is -2.39. The van der Waals surface area contributed by atoms with E-state index in [1.165, 1.54) is 4.31 Å². The van der Waals surface area contributed by atoms with Crippen molar-refractivity contribution in [1.82, 2.24) is 4.31 Å². The highest BCUT2D eigenvalue weighted by Crippen LogP contribution is 2.29. The number of rotatable bonds is 5. The summed E-state index contributed by atoms with van der Waals surface area (Å²) in [4.78, 5) is 11.7. The van der Waals surface area contributed by atoms with Crippen molar-refractivity contribution >= 4 is 21.6 Å². The second-order valence-electron chi connectivity index (χ2n) is 7.02. The van der Waals surface area contributed by atoms with Crippen molar-refractivity contribution in [3.05, 3.63) is 54.1 Å². The van der Waals surface area contributed by atoms with Crippen LogP contribution in [0.25, 0.3) is 0 Å². The summed E-state index contributed by atoms with van der Waals surface area (Å²) >= 11 is 0. The molecule has 7 heteroatoms. The number of nitrogens with one attached hydrogen (secondary N) is 1. The normalized spacial score (nSPS) is 18.1. The molecule has 1 fully saturated rings. The van der Waals surface area contributed by atoms with E-state index in [9.17, 15) is 13.2 Å². The van der Waals surface area contributed by atoms with Crippen LogP contribution in [0.5, 0.6) is 5.75 Å². The third kappa shape index (κ3) is 3.84. The Labute approximate surface area is 159 Å². The van der Waals surface area contributed by atoms with Crippen LogP contribution in [0.3, 0.4) is 0 Å². The number of benzene rings is 2. The number of para-hydroxylation sites is 1. The molecule has 1 N–H and O–H groups in total. The van der Waals surface area contributed by atoms with Gasteiger partial charge < -0.3 is 10.1 Å². The van der Waals surface area contributed by atoms with Gasteiger partial charge in [-0.1, -0.05) is 18.2 Å². The molecule has 2 aliphatic rings. The molecule has 142 valence electrons. The van der Waals surface area contributed by atoms with Crippen molar-refractivity contribution in [2.45, 2.75) is 24.2 Å². The maximum absolute atomic E-state index is 12.9. The van der Waals surface area contributed by atoms with E-state index < -0.39 is 10.0 Å². The van der Waals surface area contributed by atoms with E-state index in [1.807, 2.05) is 30.3 Å². The van der Waals surface area contributed by atoms with Crippen LogP contribution in [-0.2, 0) is 21.2 Å². The molecule has 0 radical (unpaired) electrons. The van der Waals surface area contributed by atoms with Crippen molar-refractivity contribution in [2.24, 2.45) is 5.92 Å². The lowest BCUT2D eigenvalue weighted by Gasteiger charge is -2.31. The molecule has 4 rings (SSSR count). The molecule has 2 aromatic rings. The summed E-state index contributed by atoms with van der Waals surface area (Å²) in [6.45, 7) is 1.57. The highest BCUT2D eigenvalue weighted by molar-refractivity contribution is 7.89. The number of hydrogen-bond acceptors (Lipinski definition) is 4. The van der Waals surface area contributed by atoms with Gasteiger partial charge in [-0.15, -0.1) is 0 Å². The third-order valence-corrected chi connectivity index (χ3v) is 7.04. The first-order valence-electron chi connectivity index (χ1n) is 9.13. The second-order valence-corrected chi connectivity index (χ2v) is 8.95. The first kappa shape index (κ1) is 18.0. The molecule has 0 spiro atoms. The predicted octanol–water partition coefficient (Wildman–Crippen LogP) is 2.66. The van der Waals surface area contributed by atoms with Crippen molar-refractivity contribution in [3.8, 4) is 5.75 Å². The number of piperidine rings is 1. The Morgan fingerprint density at radius 3 is 2.56 bits per heavy atom. The first-order valence-corrected chi connectivity index (χ1v) is 10.6. The first-order chi connectivity index (χ1) is 13.0. The summed E-state index contributed by atoms with van der Waals surface area (Å²) in [7, 11) is -3.54. The third-order valence-electron chi connectivity index (χ3n) is 5.14. The largest absolute Gasteiger partial charge is 0.493 e. The standard InChI is InChI=1S/C20H22N2O4S/c23-20-13-16-12-18(6-7-19(16)21-20)27(24,25)22-10-8-15(9-11-22)14-26-17-4-2-1-3-5-17/h1-7,12,15H,8-11,13-14H2,(H,21,23). The number of anilines is 1. The van der Waals surface area contributed by atoms with Gasteiger partial charge in [-0.05, 0) is 54.7 Å². The number of carbonyl (C=O) groups is 1. The maximum Gasteiger partial charge on any atom is 0.243 e. The number of nitrogens with zero attached hydrogens (tertiary/aromatic N) is 1. The topological polar surface area (TPSA) is 75.7 Å². The van der Waals surface area contributed by atoms with Gasteiger partial charge in [0.1, 0.15) is 5.75 Å². The zero-order valence-electron chi connectivity index (χ0n) is 14.9. The molecule has 0 saturated carbocycles. The summed E-state index contributed by atoms with van der Waals surface area (Å²) in [6, 6.07) is 14.5. The zero-order valence-corrected chi connectivity index (χ0v) is 15.7.